The Hall–Kier alpha value is -4.12. The van der Waals surface area contributed by atoms with Crippen molar-refractivity contribution < 1.29 is 9.53 Å². The molecule has 33 heavy (non-hydrogen) atoms. The Morgan fingerprint density at radius 2 is 1.61 bits per heavy atom. The highest BCUT2D eigenvalue weighted by atomic mass is 16.5. The number of alkyl carbamates (subject to hydrolysis) is 1. The average molecular weight is 436 g/mol. The summed E-state index contributed by atoms with van der Waals surface area (Å²) in [7, 11) is 0. The van der Waals surface area contributed by atoms with Gasteiger partial charge in [-0.3, -0.25) is 0 Å². The van der Waals surface area contributed by atoms with Gasteiger partial charge in [0, 0.05) is 24.2 Å². The smallest absolute Gasteiger partial charge is 0.407 e. The first kappa shape index (κ1) is 20.8. The summed E-state index contributed by atoms with van der Waals surface area (Å²) in [5.41, 5.74) is 7.80. The first-order valence-corrected chi connectivity index (χ1v) is 11.1. The van der Waals surface area contributed by atoms with Gasteiger partial charge in [0.1, 0.15) is 6.61 Å². The molecule has 5 heteroatoms. The number of hydrogen-bond acceptors (Lipinski definition) is 3. The van der Waals surface area contributed by atoms with Crippen LogP contribution in [0.1, 0.15) is 28.3 Å². The zero-order chi connectivity index (χ0) is 22.6. The predicted molar refractivity (Wildman–Crippen MR) is 130 cm³/mol. The third kappa shape index (κ3) is 4.30. The number of benzene rings is 3. The summed E-state index contributed by atoms with van der Waals surface area (Å²) in [6.45, 7) is 2.66. The molecule has 0 radical (unpaired) electrons. The standard InChI is InChI=1S/C28H25N3O2/c1-20-21(18-31(30-20)22-11-3-2-4-12-22)10-9-17-29-28(32)33-19-27-25-15-7-5-13-23(25)24-14-6-8-16-26(24)27/h2-16,18,27H,17,19H2,1H3,(H,29,32). The molecule has 3 aromatic carbocycles. The number of carbonyl (C=O) groups is 1. The van der Waals surface area contributed by atoms with Gasteiger partial charge in [0.25, 0.3) is 0 Å². The molecule has 1 aromatic heterocycles. The number of amides is 1. The van der Waals surface area contributed by atoms with Gasteiger partial charge in [0.2, 0.25) is 0 Å². The molecule has 0 atom stereocenters. The van der Waals surface area contributed by atoms with Crippen molar-refractivity contribution in [1.82, 2.24) is 15.1 Å². The van der Waals surface area contributed by atoms with Crippen molar-refractivity contribution in [2.24, 2.45) is 0 Å². The monoisotopic (exact) mass is 435 g/mol. The van der Waals surface area contributed by atoms with Crippen molar-refractivity contribution in [3.05, 3.63) is 114 Å². The zero-order valence-electron chi connectivity index (χ0n) is 18.4. The van der Waals surface area contributed by atoms with Gasteiger partial charge >= 0.3 is 6.09 Å². The van der Waals surface area contributed by atoms with Crippen LogP contribution in [0.4, 0.5) is 4.79 Å². The van der Waals surface area contributed by atoms with E-state index in [0.717, 1.165) is 16.9 Å². The molecule has 0 saturated carbocycles. The molecular formula is C28H25N3O2. The highest BCUT2D eigenvalue weighted by Crippen LogP contribution is 2.44. The van der Waals surface area contributed by atoms with Crippen molar-refractivity contribution in [1.29, 1.82) is 0 Å². The Morgan fingerprint density at radius 3 is 2.30 bits per heavy atom. The largest absolute Gasteiger partial charge is 0.449 e. The van der Waals surface area contributed by atoms with Gasteiger partial charge < -0.3 is 10.1 Å². The summed E-state index contributed by atoms with van der Waals surface area (Å²) in [6.07, 6.45) is 5.43. The zero-order valence-corrected chi connectivity index (χ0v) is 18.4. The number of nitrogens with zero attached hydrogens (tertiary/aromatic N) is 2. The maximum absolute atomic E-state index is 12.3. The average Bonchev–Trinajstić information content (AvgIpc) is 3.39. The SMILES string of the molecule is Cc1nn(-c2ccccc2)cc1C=CCNC(=O)OCC1c2ccccc2-c2ccccc21. The molecule has 0 spiro atoms. The second kappa shape index (κ2) is 9.17. The van der Waals surface area contributed by atoms with Gasteiger partial charge in [-0.15, -0.1) is 0 Å². The molecule has 1 aliphatic rings. The van der Waals surface area contributed by atoms with E-state index in [0.29, 0.717) is 13.2 Å². The number of para-hydroxylation sites is 1. The second-order valence-electron chi connectivity index (χ2n) is 8.06. The first-order valence-electron chi connectivity index (χ1n) is 11.1. The molecule has 4 aromatic rings. The molecule has 1 heterocycles. The molecule has 0 bridgehead atoms. The Bertz CT molecular complexity index is 1260. The van der Waals surface area contributed by atoms with E-state index in [1.165, 1.54) is 22.3 Å². The van der Waals surface area contributed by atoms with Crippen LogP contribution in [0.25, 0.3) is 22.9 Å². The lowest BCUT2D eigenvalue weighted by molar-refractivity contribution is 0.144. The molecule has 1 N–H and O–H groups in total. The van der Waals surface area contributed by atoms with Crippen molar-refractivity contribution in [2.45, 2.75) is 12.8 Å². The van der Waals surface area contributed by atoms with Crippen LogP contribution in [0, 0.1) is 6.92 Å². The van der Waals surface area contributed by atoms with Gasteiger partial charge in [-0.05, 0) is 41.3 Å². The van der Waals surface area contributed by atoms with Crippen molar-refractivity contribution in [3.63, 3.8) is 0 Å². The van der Waals surface area contributed by atoms with Crippen molar-refractivity contribution >= 4 is 12.2 Å². The van der Waals surface area contributed by atoms with Crippen LogP contribution in [0.3, 0.4) is 0 Å². The van der Waals surface area contributed by atoms with Gasteiger partial charge in [0.15, 0.2) is 0 Å². The van der Waals surface area contributed by atoms with Crippen LogP contribution in [0.15, 0.2) is 91.1 Å². The number of hydrogen-bond donors (Lipinski definition) is 1. The minimum atomic E-state index is -0.418. The molecule has 0 fully saturated rings. The molecule has 0 saturated heterocycles. The summed E-state index contributed by atoms with van der Waals surface area (Å²) in [5, 5.41) is 7.37. The number of carbonyl (C=O) groups excluding carboxylic acids is 1. The Kier molecular flexibility index (Phi) is 5.77. The van der Waals surface area contributed by atoms with Crippen LogP contribution in [0.5, 0.6) is 0 Å². The minimum Gasteiger partial charge on any atom is -0.449 e. The normalized spacial score (nSPS) is 12.5. The van der Waals surface area contributed by atoms with Crippen LogP contribution < -0.4 is 5.32 Å². The van der Waals surface area contributed by atoms with Gasteiger partial charge in [-0.25, -0.2) is 9.48 Å². The van der Waals surface area contributed by atoms with E-state index in [-0.39, 0.29) is 5.92 Å². The molecule has 1 aliphatic carbocycles. The fourth-order valence-corrected chi connectivity index (χ4v) is 4.33. The van der Waals surface area contributed by atoms with Crippen LogP contribution >= 0.6 is 0 Å². The second-order valence-corrected chi connectivity index (χ2v) is 8.06. The van der Waals surface area contributed by atoms with Crippen LogP contribution in [0.2, 0.25) is 0 Å². The molecule has 5 rings (SSSR count). The van der Waals surface area contributed by atoms with Crippen LogP contribution in [-0.4, -0.2) is 29.0 Å². The van der Waals surface area contributed by atoms with E-state index in [4.69, 9.17) is 4.74 Å². The van der Waals surface area contributed by atoms with Crippen molar-refractivity contribution in [3.8, 4) is 16.8 Å². The molecular weight excluding hydrogens is 410 g/mol. The topological polar surface area (TPSA) is 56.2 Å². The molecule has 1 amide bonds. The maximum atomic E-state index is 12.3. The lowest BCUT2D eigenvalue weighted by Gasteiger charge is -2.14. The summed E-state index contributed by atoms with van der Waals surface area (Å²) >= 11 is 0. The first-order chi connectivity index (χ1) is 16.2. The summed E-state index contributed by atoms with van der Waals surface area (Å²) in [5.74, 6) is 0.0603. The Morgan fingerprint density at radius 1 is 0.970 bits per heavy atom. The quantitative estimate of drug-likeness (QED) is 0.421. The molecule has 5 nitrogen and oxygen atoms in total. The number of fused-ring (bicyclic) bond motifs is 3. The maximum Gasteiger partial charge on any atom is 0.407 e. The summed E-state index contributed by atoms with van der Waals surface area (Å²) in [6, 6.07) is 26.6. The third-order valence-electron chi connectivity index (χ3n) is 5.96. The Labute approximate surface area is 193 Å². The fraction of sp³-hybridized carbons (Fsp3) is 0.143. The predicted octanol–water partition coefficient (Wildman–Crippen LogP) is 5.73. The lowest BCUT2D eigenvalue weighted by Crippen LogP contribution is -2.26. The number of rotatable bonds is 6. The van der Waals surface area contributed by atoms with Gasteiger partial charge in [-0.2, -0.15) is 5.10 Å². The van der Waals surface area contributed by atoms with Gasteiger partial charge in [0.05, 0.1) is 11.4 Å². The highest BCUT2D eigenvalue weighted by molar-refractivity contribution is 5.79. The van der Waals surface area contributed by atoms with E-state index in [1.54, 1.807) is 0 Å². The van der Waals surface area contributed by atoms with E-state index in [2.05, 4.69) is 34.7 Å². The highest BCUT2D eigenvalue weighted by Gasteiger charge is 2.28. The number of aryl methyl sites for hydroxylation is 1. The summed E-state index contributed by atoms with van der Waals surface area (Å²) in [4.78, 5) is 12.3. The number of aromatic nitrogens is 2. The van der Waals surface area contributed by atoms with Crippen molar-refractivity contribution in [2.75, 3.05) is 13.2 Å². The number of nitrogens with one attached hydrogen (secondary N) is 1. The van der Waals surface area contributed by atoms with Crippen LogP contribution in [-0.2, 0) is 4.74 Å². The molecule has 0 aliphatic heterocycles. The summed E-state index contributed by atoms with van der Waals surface area (Å²) < 4.78 is 7.43. The van der Waals surface area contributed by atoms with E-state index in [9.17, 15) is 4.79 Å². The van der Waals surface area contributed by atoms with E-state index >= 15 is 0 Å². The number of ether oxygens (including phenoxy) is 1. The Balaban J connectivity index is 1.16. The molecule has 164 valence electrons. The van der Waals surface area contributed by atoms with Gasteiger partial charge in [-0.1, -0.05) is 78.9 Å². The van der Waals surface area contributed by atoms with E-state index < -0.39 is 6.09 Å². The minimum absolute atomic E-state index is 0.0603. The molecule has 0 unspecified atom stereocenters. The lowest BCUT2D eigenvalue weighted by atomic mass is 9.98. The fourth-order valence-electron chi connectivity index (χ4n) is 4.33. The third-order valence-corrected chi connectivity index (χ3v) is 5.96. The van der Waals surface area contributed by atoms with E-state index in [1.807, 2.05) is 84.6 Å².